The van der Waals surface area contributed by atoms with Gasteiger partial charge in [-0.15, -0.1) is 12.6 Å². The summed E-state index contributed by atoms with van der Waals surface area (Å²) in [5.41, 5.74) is 0. The van der Waals surface area contributed by atoms with E-state index in [1.54, 1.807) is 0 Å². The molecule has 0 bridgehead atoms. The quantitative estimate of drug-likeness (QED) is 0.632. The van der Waals surface area contributed by atoms with E-state index in [9.17, 15) is 14.4 Å². The zero-order valence-electron chi connectivity index (χ0n) is 7.66. The van der Waals surface area contributed by atoms with Crippen LogP contribution in [0.25, 0.3) is 0 Å². The number of hydrogen-bond acceptors (Lipinski definition) is 3. The summed E-state index contributed by atoms with van der Waals surface area (Å²) in [6.45, 7) is 2.76. The Morgan fingerprint density at radius 2 is 1.85 bits per heavy atom. The number of amides is 1. The minimum Gasteiger partial charge on any atom is -0.346 e. The van der Waals surface area contributed by atoms with Crippen LogP contribution in [-0.4, -0.2) is 22.8 Å². The van der Waals surface area contributed by atoms with Crippen molar-refractivity contribution in [3.8, 4) is 0 Å². The van der Waals surface area contributed by atoms with Crippen LogP contribution < -0.4 is 5.32 Å². The van der Waals surface area contributed by atoms with Crippen LogP contribution in [0.15, 0.2) is 0 Å². The first-order chi connectivity index (χ1) is 5.93. The molecule has 0 spiro atoms. The molecule has 0 heterocycles. The summed E-state index contributed by atoms with van der Waals surface area (Å²) in [4.78, 5) is 32.1. The molecule has 0 aromatic heterocycles. The SMILES string of the molecule is CC(=O)CC[C@H](NC(C)=O)C(=O)S. The van der Waals surface area contributed by atoms with Gasteiger partial charge in [0.05, 0.1) is 6.04 Å². The summed E-state index contributed by atoms with van der Waals surface area (Å²) in [5.74, 6) is -0.305. The Bertz CT molecular complexity index is 227. The molecular weight excluding hydrogens is 190 g/mol. The van der Waals surface area contributed by atoms with Crippen molar-refractivity contribution >= 4 is 29.4 Å². The second-order valence-corrected chi connectivity index (χ2v) is 3.27. The normalized spacial score (nSPS) is 11.9. The van der Waals surface area contributed by atoms with Crippen molar-refractivity contribution < 1.29 is 14.4 Å². The molecule has 13 heavy (non-hydrogen) atoms. The molecule has 0 aromatic carbocycles. The van der Waals surface area contributed by atoms with E-state index in [0.717, 1.165) is 0 Å². The average Bonchev–Trinajstić information content (AvgIpc) is 1.96. The molecule has 0 aromatic rings. The Morgan fingerprint density at radius 3 is 2.15 bits per heavy atom. The van der Waals surface area contributed by atoms with Crippen LogP contribution in [0, 0.1) is 0 Å². The van der Waals surface area contributed by atoms with Crippen LogP contribution in [0.2, 0.25) is 0 Å². The first kappa shape index (κ1) is 12.2. The van der Waals surface area contributed by atoms with Gasteiger partial charge in [0.2, 0.25) is 11.0 Å². The molecule has 0 radical (unpaired) electrons. The van der Waals surface area contributed by atoms with E-state index < -0.39 is 11.2 Å². The minimum absolute atomic E-state index is 0.00932. The van der Waals surface area contributed by atoms with Crippen LogP contribution in [-0.2, 0) is 14.4 Å². The molecule has 0 aliphatic carbocycles. The van der Waals surface area contributed by atoms with E-state index >= 15 is 0 Å². The van der Waals surface area contributed by atoms with Crippen molar-refractivity contribution in [2.45, 2.75) is 32.7 Å². The highest BCUT2D eigenvalue weighted by atomic mass is 32.1. The lowest BCUT2D eigenvalue weighted by Gasteiger charge is -2.12. The van der Waals surface area contributed by atoms with Crippen molar-refractivity contribution in [2.75, 3.05) is 0 Å². The molecule has 0 aliphatic rings. The number of ketones is 1. The lowest BCUT2D eigenvalue weighted by molar-refractivity contribution is -0.123. The number of Topliss-reactive ketones (excluding diaryl/α,β-unsaturated/α-hetero) is 1. The summed E-state index contributed by atoms with van der Waals surface area (Å²) < 4.78 is 0. The number of carbonyl (C=O) groups is 3. The van der Waals surface area contributed by atoms with Crippen molar-refractivity contribution in [1.29, 1.82) is 0 Å². The lowest BCUT2D eigenvalue weighted by Crippen LogP contribution is -2.37. The second-order valence-electron chi connectivity index (χ2n) is 2.83. The third-order valence-corrected chi connectivity index (χ3v) is 1.77. The molecule has 74 valence electrons. The van der Waals surface area contributed by atoms with Crippen LogP contribution in [0.1, 0.15) is 26.7 Å². The van der Waals surface area contributed by atoms with Gasteiger partial charge in [0.1, 0.15) is 5.78 Å². The monoisotopic (exact) mass is 203 g/mol. The molecule has 0 saturated heterocycles. The van der Waals surface area contributed by atoms with Crippen LogP contribution >= 0.6 is 12.6 Å². The van der Waals surface area contributed by atoms with Gasteiger partial charge in [-0.1, -0.05) is 0 Å². The molecule has 1 N–H and O–H groups in total. The number of nitrogens with one attached hydrogen (secondary N) is 1. The van der Waals surface area contributed by atoms with E-state index in [1.807, 2.05) is 0 Å². The molecule has 1 atom stereocenters. The zero-order valence-corrected chi connectivity index (χ0v) is 8.56. The van der Waals surface area contributed by atoms with Gasteiger partial charge in [0, 0.05) is 13.3 Å². The molecule has 0 saturated carbocycles. The lowest BCUT2D eigenvalue weighted by atomic mass is 10.1. The third-order valence-electron chi connectivity index (χ3n) is 1.46. The Hall–Kier alpha value is -0.840. The highest BCUT2D eigenvalue weighted by Crippen LogP contribution is 2.01. The fraction of sp³-hybridized carbons (Fsp3) is 0.625. The number of carbonyl (C=O) groups excluding carboxylic acids is 3. The molecule has 4 nitrogen and oxygen atoms in total. The van der Waals surface area contributed by atoms with Gasteiger partial charge in [-0.3, -0.25) is 9.59 Å². The largest absolute Gasteiger partial charge is 0.346 e. The fourth-order valence-corrected chi connectivity index (χ4v) is 1.04. The van der Waals surface area contributed by atoms with Gasteiger partial charge < -0.3 is 10.1 Å². The molecule has 0 fully saturated rings. The average molecular weight is 203 g/mol. The molecule has 0 aliphatic heterocycles. The Morgan fingerprint density at radius 1 is 1.31 bits per heavy atom. The minimum atomic E-state index is -0.648. The third kappa shape index (κ3) is 6.33. The molecule has 5 heteroatoms. The summed E-state index contributed by atoms with van der Waals surface area (Å²) in [5, 5.41) is 2.00. The molecule has 0 rings (SSSR count). The van der Waals surface area contributed by atoms with Gasteiger partial charge in [-0.25, -0.2) is 0 Å². The number of hydrogen-bond donors (Lipinski definition) is 2. The summed E-state index contributed by atoms with van der Waals surface area (Å²) in [6, 6.07) is -0.648. The highest BCUT2D eigenvalue weighted by Gasteiger charge is 2.16. The van der Waals surface area contributed by atoms with E-state index in [2.05, 4.69) is 17.9 Å². The van der Waals surface area contributed by atoms with Gasteiger partial charge in [0.25, 0.3) is 0 Å². The second kappa shape index (κ2) is 5.75. The van der Waals surface area contributed by atoms with Crippen LogP contribution in [0.3, 0.4) is 0 Å². The maximum atomic E-state index is 10.8. The highest BCUT2D eigenvalue weighted by molar-refractivity contribution is 7.96. The first-order valence-corrected chi connectivity index (χ1v) is 4.37. The van der Waals surface area contributed by atoms with Crippen molar-refractivity contribution in [1.82, 2.24) is 5.32 Å². The van der Waals surface area contributed by atoms with E-state index in [1.165, 1.54) is 13.8 Å². The standard InChI is InChI=1S/C8H13NO3S/c1-5(10)3-4-7(8(12)13)9-6(2)11/h7H,3-4H2,1-2H3,(H,9,11)(H,12,13)/t7-/m0/s1. The molecule has 1 amide bonds. The van der Waals surface area contributed by atoms with E-state index in [0.29, 0.717) is 6.42 Å². The molecular formula is C8H13NO3S. The van der Waals surface area contributed by atoms with Crippen molar-refractivity contribution in [2.24, 2.45) is 0 Å². The Balaban J connectivity index is 4.02. The maximum absolute atomic E-state index is 10.8. The predicted octanol–water partition coefficient (Wildman–Crippen LogP) is 0.317. The van der Waals surface area contributed by atoms with Crippen LogP contribution in [0.4, 0.5) is 0 Å². The zero-order chi connectivity index (χ0) is 10.4. The smallest absolute Gasteiger partial charge is 0.217 e. The predicted molar refractivity (Wildman–Crippen MR) is 51.5 cm³/mol. The first-order valence-electron chi connectivity index (χ1n) is 3.93. The van der Waals surface area contributed by atoms with Crippen molar-refractivity contribution in [3.63, 3.8) is 0 Å². The number of thiol groups is 1. The Kier molecular flexibility index (Phi) is 5.37. The molecule has 0 unspecified atom stereocenters. The van der Waals surface area contributed by atoms with E-state index in [-0.39, 0.29) is 18.1 Å². The van der Waals surface area contributed by atoms with Crippen LogP contribution in [0.5, 0.6) is 0 Å². The van der Waals surface area contributed by atoms with Gasteiger partial charge >= 0.3 is 0 Å². The van der Waals surface area contributed by atoms with E-state index in [4.69, 9.17) is 0 Å². The Labute approximate surface area is 82.5 Å². The fourth-order valence-electron chi connectivity index (χ4n) is 0.850. The summed E-state index contributed by atoms with van der Waals surface area (Å²) in [6.07, 6.45) is 0.592. The van der Waals surface area contributed by atoms with Crippen molar-refractivity contribution in [3.05, 3.63) is 0 Å². The van der Waals surface area contributed by atoms with Gasteiger partial charge in [0.15, 0.2) is 0 Å². The van der Waals surface area contributed by atoms with Gasteiger partial charge in [-0.05, 0) is 13.3 Å². The number of rotatable bonds is 5. The van der Waals surface area contributed by atoms with Gasteiger partial charge in [-0.2, -0.15) is 0 Å². The summed E-state index contributed by atoms with van der Waals surface area (Å²) >= 11 is 3.61. The summed E-state index contributed by atoms with van der Waals surface area (Å²) in [7, 11) is 0. The topological polar surface area (TPSA) is 63.2 Å². The maximum Gasteiger partial charge on any atom is 0.217 e.